The Labute approximate surface area is 226 Å². The van der Waals surface area contributed by atoms with E-state index in [0.717, 1.165) is 35.2 Å². The van der Waals surface area contributed by atoms with Crippen LogP contribution in [-0.4, -0.2) is 42.2 Å². The lowest BCUT2D eigenvalue weighted by molar-refractivity contribution is 0.102. The zero-order chi connectivity index (χ0) is 26.6. The Balaban J connectivity index is 1.23. The zero-order valence-electron chi connectivity index (χ0n) is 21.4. The van der Waals surface area contributed by atoms with Crippen molar-refractivity contribution in [3.8, 4) is 28.3 Å². The number of nitrogens with one attached hydrogen (secondary N) is 1. The van der Waals surface area contributed by atoms with Crippen LogP contribution in [0.2, 0.25) is 0 Å². The molecule has 1 fully saturated rings. The number of aromatic nitrogens is 6. The normalized spacial score (nSPS) is 13.6. The zero-order valence-corrected chi connectivity index (χ0v) is 21.4. The molecule has 4 heterocycles. The van der Waals surface area contributed by atoms with Crippen molar-refractivity contribution in [2.24, 2.45) is 0 Å². The molecule has 0 bridgehead atoms. The van der Waals surface area contributed by atoms with Gasteiger partial charge in [-0.2, -0.15) is 0 Å². The molecular weight excluding hydrogens is 490 g/mol. The molecule has 1 atom stereocenters. The average Bonchev–Trinajstić information content (AvgIpc) is 3.72. The van der Waals surface area contributed by atoms with E-state index in [0.29, 0.717) is 35.5 Å². The molecule has 1 amide bonds. The van der Waals surface area contributed by atoms with Gasteiger partial charge in [-0.3, -0.25) is 14.8 Å². The molecule has 1 aliphatic rings. The number of nitrogens with zero attached hydrogens (tertiary/aromatic N) is 6. The summed E-state index contributed by atoms with van der Waals surface area (Å²) in [5.74, 6) is 1.55. The fraction of sp³-hybridized carbons (Fsp3) is 0.200. The van der Waals surface area contributed by atoms with Crippen molar-refractivity contribution >= 4 is 11.6 Å². The van der Waals surface area contributed by atoms with Gasteiger partial charge in [0.2, 0.25) is 0 Å². The van der Waals surface area contributed by atoms with Crippen LogP contribution in [0.25, 0.3) is 22.5 Å². The minimum Gasteiger partial charge on any atom is -0.490 e. The van der Waals surface area contributed by atoms with E-state index in [9.17, 15) is 4.79 Å². The van der Waals surface area contributed by atoms with Crippen LogP contribution in [0.4, 0.5) is 5.69 Å². The number of amides is 1. The van der Waals surface area contributed by atoms with Crippen molar-refractivity contribution in [1.82, 2.24) is 29.7 Å². The predicted molar refractivity (Wildman–Crippen MR) is 147 cm³/mol. The molecular formula is C30H27N7O2. The molecule has 194 valence electrons. The second kappa shape index (κ2) is 10.8. The van der Waals surface area contributed by atoms with E-state index in [1.165, 1.54) is 0 Å². The highest BCUT2D eigenvalue weighted by Crippen LogP contribution is 2.40. The van der Waals surface area contributed by atoms with Gasteiger partial charge in [-0.25, -0.2) is 4.98 Å². The van der Waals surface area contributed by atoms with E-state index in [4.69, 9.17) is 9.72 Å². The molecule has 1 aromatic carbocycles. The van der Waals surface area contributed by atoms with Gasteiger partial charge in [0.25, 0.3) is 5.91 Å². The monoisotopic (exact) mass is 517 g/mol. The summed E-state index contributed by atoms with van der Waals surface area (Å²) in [7, 11) is 0. The quantitative estimate of drug-likeness (QED) is 0.272. The van der Waals surface area contributed by atoms with E-state index in [1.54, 1.807) is 31.1 Å². The lowest BCUT2D eigenvalue weighted by Gasteiger charge is -2.17. The fourth-order valence-corrected chi connectivity index (χ4v) is 4.45. The average molecular weight is 518 g/mol. The molecule has 4 aromatic heterocycles. The molecule has 1 N–H and O–H groups in total. The number of hydrogen-bond donors (Lipinski definition) is 1. The topological polar surface area (TPSA) is 108 Å². The number of pyridine rings is 3. The fourth-order valence-electron chi connectivity index (χ4n) is 4.45. The second-order valence-electron chi connectivity index (χ2n) is 9.59. The van der Waals surface area contributed by atoms with Gasteiger partial charge < -0.3 is 14.6 Å². The summed E-state index contributed by atoms with van der Waals surface area (Å²) in [6, 6.07) is 19.0. The SMILES string of the molecule is CC(COc1cccnc1)n1cnnc1-c1cccc(NC(=O)c2nc(C3CC3)ccc2-c2ccncc2)c1. The van der Waals surface area contributed by atoms with E-state index in [-0.39, 0.29) is 11.9 Å². The Morgan fingerprint density at radius 3 is 2.69 bits per heavy atom. The maximum atomic E-state index is 13.6. The molecule has 0 spiro atoms. The van der Waals surface area contributed by atoms with Gasteiger partial charge in [-0.15, -0.1) is 10.2 Å². The Hall–Kier alpha value is -4.92. The first-order valence-corrected chi connectivity index (χ1v) is 12.9. The van der Waals surface area contributed by atoms with Gasteiger partial charge in [0.1, 0.15) is 24.4 Å². The van der Waals surface area contributed by atoms with E-state index >= 15 is 0 Å². The van der Waals surface area contributed by atoms with Crippen LogP contribution in [-0.2, 0) is 0 Å². The molecule has 39 heavy (non-hydrogen) atoms. The Morgan fingerprint density at radius 2 is 1.90 bits per heavy atom. The molecule has 9 heteroatoms. The Morgan fingerprint density at radius 1 is 1.03 bits per heavy atom. The molecule has 6 rings (SSSR count). The summed E-state index contributed by atoms with van der Waals surface area (Å²) >= 11 is 0. The summed E-state index contributed by atoms with van der Waals surface area (Å²) in [5, 5.41) is 11.5. The summed E-state index contributed by atoms with van der Waals surface area (Å²) in [6.45, 7) is 2.46. The van der Waals surface area contributed by atoms with Crippen LogP contribution in [0.1, 0.15) is 47.9 Å². The molecule has 1 saturated carbocycles. The van der Waals surface area contributed by atoms with Crippen LogP contribution in [0.15, 0.2) is 91.8 Å². The summed E-state index contributed by atoms with van der Waals surface area (Å²) < 4.78 is 7.84. The smallest absolute Gasteiger partial charge is 0.274 e. The van der Waals surface area contributed by atoms with E-state index < -0.39 is 0 Å². The first-order chi connectivity index (χ1) is 19.2. The van der Waals surface area contributed by atoms with Crippen molar-refractivity contribution in [3.05, 3.63) is 103 Å². The number of anilines is 1. The Kier molecular flexibility index (Phi) is 6.78. The number of carbonyl (C=O) groups excluding carboxylic acids is 1. The van der Waals surface area contributed by atoms with Gasteiger partial charge in [0.05, 0.1) is 12.2 Å². The highest BCUT2D eigenvalue weighted by atomic mass is 16.5. The molecule has 5 aromatic rings. The molecule has 9 nitrogen and oxygen atoms in total. The third-order valence-corrected chi connectivity index (χ3v) is 6.67. The van der Waals surface area contributed by atoms with Crippen LogP contribution in [0, 0.1) is 0 Å². The standard InChI is InChI=1S/C30H27N7O2/c1-20(18-39-25-6-3-13-32-17-25)37-19-33-36-29(37)23-4-2-5-24(16-23)34-30(38)28-26(21-11-14-31-15-12-21)9-10-27(35-28)22-7-8-22/h2-6,9-17,19-20,22H,7-8,18H2,1H3,(H,34,38). The van der Waals surface area contributed by atoms with E-state index in [2.05, 4.69) is 25.5 Å². The lowest BCUT2D eigenvalue weighted by atomic mass is 10.0. The largest absolute Gasteiger partial charge is 0.490 e. The number of ether oxygens (including phenoxy) is 1. The number of benzene rings is 1. The summed E-state index contributed by atoms with van der Waals surface area (Å²) in [6.07, 6.45) is 10.7. The first kappa shape index (κ1) is 24.4. The summed E-state index contributed by atoms with van der Waals surface area (Å²) in [4.78, 5) is 26.5. The molecule has 1 aliphatic carbocycles. The second-order valence-corrected chi connectivity index (χ2v) is 9.59. The maximum Gasteiger partial charge on any atom is 0.274 e. The van der Waals surface area contributed by atoms with Crippen LogP contribution < -0.4 is 10.1 Å². The minimum absolute atomic E-state index is 0.0364. The number of hydrogen-bond acceptors (Lipinski definition) is 7. The summed E-state index contributed by atoms with van der Waals surface area (Å²) in [5.41, 5.74) is 4.51. The molecule has 1 unspecified atom stereocenters. The van der Waals surface area contributed by atoms with Crippen molar-refractivity contribution in [1.29, 1.82) is 0 Å². The van der Waals surface area contributed by atoms with Crippen LogP contribution in [0.3, 0.4) is 0 Å². The maximum absolute atomic E-state index is 13.6. The van der Waals surface area contributed by atoms with Gasteiger partial charge in [-0.05, 0) is 67.8 Å². The Bertz CT molecular complexity index is 1580. The van der Waals surface area contributed by atoms with Crippen molar-refractivity contribution in [2.75, 3.05) is 11.9 Å². The van der Waals surface area contributed by atoms with E-state index in [1.807, 2.05) is 72.2 Å². The molecule has 0 aliphatic heterocycles. The first-order valence-electron chi connectivity index (χ1n) is 12.9. The number of carbonyl (C=O) groups is 1. The van der Waals surface area contributed by atoms with Gasteiger partial charge in [0.15, 0.2) is 5.82 Å². The molecule has 0 saturated heterocycles. The van der Waals surface area contributed by atoms with Crippen molar-refractivity contribution in [3.63, 3.8) is 0 Å². The highest BCUT2D eigenvalue weighted by Gasteiger charge is 2.27. The number of rotatable bonds is 9. The van der Waals surface area contributed by atoms with Crippen LogP contribution >= 0.6 is 0 Å². The highest BCUT2D eigenvalue weighted by molar-refractivity contribution is 6.07. The van der Waals surface area contributed by atoms with Gasteiger partial charge in [-0.1, -0.05) is 18.2 Å². The lowest BCUT2D eigenvalue weighted by Crippen LogP contribution is -2.16. The third kappa shape index (κ3) is 5.52. The van der Waals surface area contributed by atoms with Crippen LogP contribution in [0.5, 0.6) is 5.75 Å². The van der Waals surface area contributed by atoms with Crippen molar-refractivity contribution in [2.45, 2.75) is 31.7 Å². The van der Waals surface area contributed by atoms with Crippen molar-refractivity contribution < 1.29 is 9.53 Å². The molecule has 0 radical (unpaired) electrons. The predicted octanol–water partition coefficient (Wildman–Crippen LogP) is 5.57. The van der Waals surface area contributed by atoms with Gasteiger partial charge >= 0.3 is 0 Å². The minimum atomic E-state index is -0.263. The van der Waals surface area contributed by atoms with Gasteiger partial charge in [0, 0.05) is 47.0 Å². The third-order valence-electron chi connectivity index (χ3n) is 6.67.